The maximum Gasteiger partial charge on any atom is 0.285 e. The highest BCUT2D eigenvalue weighted by Crippen LogP contribution is 2.30. The van der Waals surface area contributed by atoms with Crippen LogP contribution >= 0.6 is 27.7 Å². The lowest BCUT2D eigenvalue weighted by molar-refractivity contribution is -0.126. The number of amidine groups is 1. The Labute approximate surface area is 303 Å². The zero-order valence-electron chi connectivity index (χ0n) is 27.1. The molecule has 0 spiro atoms. The zero-order valence-corrected chi connectivity index (χ0v) is 29.5. The quantitative estimate of drug-likeness (QED) is 0.0891. The molecule has 4 aromatic carbocycles. The summed E-state index contributed by atoms with van der Waals surface area (Å²) in [5, 5.41) is 3.17. The van der Waals surface area contributed by atoms with E-state index in [2.05, 4.69) is 32.8 Å². The van der Waals surface area contributed by atoms with Gasteiger partial charge in [0.1, 0.15) is 23.7 Å². The van der Waals surface area contributed by atoms with E-state index in [-0.39, 0.29) is 34.8 Å². The highest BCUT2D eigenvalue weighted by molar-refractivity contribution is 9.10. The van der Waals surface area contributed by atoms with Gasteiger partial charge < -0.3 is 10.1 Å². The summed E-state index contributed by atoms with van der Waals surface area (Å²) < 4.78 is 19.7. The van der Waals surface area contributed by atoms with Gasteiger partial charge in [0.05, 0.1) is 16.3 Å². The lowest BCUT2D eigenvalue weighted by atomic mass is 9.99. The van der Waals surface area contributed by atoms with E-state index in [9.17, 15) is 18.8 Å². The summed E-state index contributed by atoms with van der Waals surface area (Å²) >= 11 is 4.50. The predicted molar refractivity (Wildman–Crippen MR) is 201 cm³/mol. The van der Waals surface area contributed by atoms with E-state index in [1.165, 1.54) is 23.1 Å². The van der Waals surface area contributed by atoms with E-state index in [0.717, 1.165) is 28.5 Å². The van der Waals surface area contributed by atoms with Crippen LogP contribution in [0.2, 0.25) is 0 Å². The third kappa shape index (κ3) is 9.22. The predicted octanol–water partition coefficient (Wildman–Crippen LogP) is 8.56. The monoisotopic (exact) mass is 749 g/mol. The van der Waals surface area contributed by atoms with Crippen LogP contribution < -0.4 is 10.1 Å². The molecule has 50 heavy (non-hydrogen) atoms. The van der Waals surface area contributed by atoms with E-state index in [1.54, 1.807) is 61.6 Å². The fourth-order valence-corrected chi connectivity index (χ4v) is 6.34. The van der Waals surface area contributed by atoms with Gasteiger partial charge in [-0.05, 0) is 81.5 Å². The minimum absolute atomic E-state index is 0.0795. The van der Waals surface area contributed by atoms with Crippen molar-refractivity contribution in [1.29, 1.82) is 0 Å². The maximum atomic E-state index is 14.0. The lowest BCUT2D eigenvalue weighted by Crippen LogP contribution is -2.42. The molecule has 1 heterocycles. The molecule has 252 valence electrons. The van der Waals surface area contributed by atoms with Crippen molar-refractivity contribution in [3.05, 3.63) is 178 Å². The highest BCUT2D eigenvalue weighted by Gasteiger charge is 2.35. The number of ether oxygens (including phenoxy) is 1. The molecule has 7 nitrogen and oxygen atoms in total. The van der Waals surface area contributed by atoms with Crippen molar-refractivity contribution < 1.29 is 23.5 Å². The van der Waals surface area contributed by atoms with Crippen LogP contribution in [-0.4, -0.2) is 33.5 Å². The van der Waals surface area contributed by atoms with Gasteiger partial charge in [-0.3, -0.25) is 19.3 Å². The second-order valence-corrected chi connectivity index (χ2v) is 12.7. The Balaban J connectivity index is 1.36. The van der Waals surface area contributed by atoms with E-state index in [0.29, 0.717) is 21.5 Å². The van der Waals surface area contributed by atoms with Crippen molar-refractivity contribution in [1.82, 2.24) is 10.2 Å². The van der Waals surface area contributed by atoms with Crippen molar-refractivity contribution in [2.45, 2.75) is 19.6 Å². The van der Waals surface area contributed by atoms with Crippen LogP contribution in [0.4, 0.5) is 4.39 Å². The number of halogens is 2. The van der Waals surface area contributed by atoms with Crippen molar-refractivity contribution in [2.75, 3.05) is 5.75 Å². The number of thioether (sulfide) groups is 1. The molecular weight excluding hydrogens is 717 g/mol. The molecule has 0 saturated carbocycles. The number of aliphatic imine (C=N–C) groups is 1. The highest BCUT2D eigenvalue weighted by atomic mass is 79.9. The number of allylic oxidation sites excluding steroid dienone is 4. The fraction of sp³-hybridized carbons (Fsp3) is 0.100. The summed E-state index contributed by atoms with van der Waals surface area (Å²) in [6.07, 6.45) is 8.11. The molecule has 0 atom stereocenters. The van der Waals surface area contributed by atoms with Crippen molar-refractivity contribution in [3.8, 4) is 5.75 Å². The molecule has 0 radical (unpaired) electrons. The second-order valence-electron chi connectivity index (χ2n) is 10.9. The minimum atomic E-state index is -0.725. The van der Waals surface area contributed by atoms with Crippen molar-refractivity contribution in [3.63, 3.8) is 0 Å². The SMILES string of the molecule is C=C/C=C\C(=C/C)N1C(=O)/C(=C/c2ccc(OCc3ccc(F)cc3)c(Br)c2)C(=O)N=C1SCC(=O)NC(c1ccccc1)c1ccccc1. The van der Waals surface area contributed by atoms with E-state index in [4.69, 9.17) is 4.74 Å². The third-order valence-corrected chi connectivity index (χ3v) is 9.05. The maximum absolute atomic E-state index is 14.0. The van der Waals surface area contributed by atoms with Gasteiger partial charge in [0, 0.05) is 5.70 Å². The fourth-order valence-electron chi connectivity index (χ4n) is 5.03. The zero-order chi connectivity index (χ0) is 35.5. The van der Waals surface area contributed by atoms with Gasteiger partial charge in [-0.2, -0.15) is 4.99 Å². The summed E-state index contributed by atoms with van der Waals surface area (Å²) in [7, 11) is 0. The van der Waals surface area contributed by atoms with Gasteiger partial charge in [-0.1, -0.05) is 115 Å². The molecule has 0 saturated heterocycles. The number of carbonyl (C=O) groups is 3. The number of amides is 3. The van der Waals surface area contributed by atoms with Gasteiger partial charge in [-0.15, -0.1) is 0 Å². The molecule has 1 N–H and O–H groups in total. The second kappa shape index (κ2) is 17.4. The third-order valence-electron chi connectivity index (χ3n) is 7.49. The van der Waals surface area contributed by atoms with Crippen LogP contribution in [0.1, 0.15) is 35.2 Å². The number of rotatable bonds is 12. The Kier molecular flexibility index (Phi) is 12.5. The van der Waals surface area contributed by atoms with Gasteiger partial charge >= 0.3 is 0 Å². The first-order valence-electron chi connectivity index (χ1n) is 15.6. The molecule has 5 rings (SSSR count). The summed E-state index contributed by atoms with van der Waals surface area (Å²) in [5.41, 5.74) is 3.49. The van der Waals surface area contributed by atoms with Crippen LogP contribution in [0.3, 0.4) is 0 Å². The lowest BCUT2D eigenvalue weighted by Gasteiger charge is -2.28. The Morgan fingerprint density at radius 2 is 1.66 bits per heavy atom. The number of benzene rings is 4. The summed E-state index contributed by atoms with van der Waals surface area (Å²) in [6.45, 7) is 5.70. The molecule has 0 bridgehead atoms. The number of nitrogens with zero attached hydrogens (tertiary/aromatic N) is 2. The van der Waals surface area contributed by atoms with Crippen LogP contribution in [0.25, 0.3) is 6.08 Å². The first-order valence-corrected chi connectivity index (χ1v) is 17.4. The van der Waals surface area contributed by atoms with Gasteiger partial charge in [0.2, 0.25) is 5.91 Å². The Bertz CT molecular complexity index is 1950. The van der Waals surface area contributed by atoms with Crippen LogP contribution in [0.5, 0.6) is 5.75 Å². The molecule has 0 aromatic heterocycles. The molecule has 1 aliphatic rings. The summed E-state index contributed by atoms with van der Waals surface area (Å²) in [5.74, 6) is -1.51. The molecular formula is C40H33BrFN3O4S. The van der Waals surface area contributed by atoms with E-state index in [1.807, 2.05) is 60.7 Å². The Morgan fingerprint density at radius 1 is 1.00 bits per heavy atom. The van der Waals surface area contributed by atoms with Crippen LogP contribution in [0, 0.1) is 5.82 Å². The molecule has 4 aromatic rings. The average Bonchev–Trinajstić information content (AvgIpc) is 3.13. The number of hydrogen-bond acceptors (Lipinski definition) is 5. The van der Waals surface area contributed by atoms with E-state index >= 15 is 0 Å². The van der Waals surface area contributed by atoms with Gasteiger partial charge in [-0.25, -0.2) is 4.39 Å². The first-order chi connectivity index (χ1) is 24.3. The van der Waals surface area contributed by atoms with Crippen LogP contribution in [0.15, 0.2) is 155 Å². The smallest absolute Gasteiger partial charge is 0.285 e. The molecule has 0 fully saturated rings. The normalized spacial score (nSPS) is 14.3. The standard InChI is InChI=1S/C40H33BrFN3O4S/c1-3-5-16-32(4-2)45-39(48)33(23-28-19-22-35(34(41)24-28)49-25-27-17-20-31(42)21-18-27)38(47)44-40(45)50-26-36(46)43-37(29-12-8-6-9-13-29)30-14-10-7-11-15-30/h3-24,37H,1,25-26H2,2H3,(H,43,46)/b16-5-,32-4+,33-23+. The molecule has 10 heteroatoms. The number of hydrogen-bond donors (Lipinski definition) is 1. The summed E-state index contributed by atoms with van der Waals surface area (Å²) in [4.78, 5) is 46.4. The topological polar surface area (TPSA) is 88.1 Å². The number of carbonyl (C=O) groups excluding carboxylic acids is 3. The Morgan fingerprint density at radius 3 is 2.26 bits per heavy atom. The first kappa shape index (κ1) is 36.0. The van der Waals surface area contributed by atoms with Crippen molar-refractivity contribution in [2.24, 2.45) is 4.99 Å². The van der Waals surface area contributed by atoms with E-state index < -0.39 is 17.9 Å². The van der Waals surface area contributed by atoms with Gasteiger partial charge in [0.15, 0.2) is 5.17 Å². The largest absolute Gasteiger partial charge is 0.488 e. The average molecular weight is 751 g/mol. The summed E-state index contributed by atoms with van der Waals surface area (Å²) in [6, 6.07) is 30.0. The molecule has 3 amide bonds. The molecule has 1 aliphatic heterocycles. The minimum Gasteiger partial charge on any atom is -0.488 e. The molecule has 0 unspecified atom stereocenters. The Hall–Kier alpha value is -5.32. The molecule has 0 aliphatic carbocycles. The number of nitrogens with one attached hydrogen (secondary N) is 1. The van der Waals surface area contributed by atoms with Crippen molar-refractivity contribution >= 4 is 56.7 Å². The van der Waals surface area contributed by atoms with Crippen LogP contribution in [-0.2, 0) is 21.0 Å². The van der Waals surface area contributed by atoms with Gasteiger partial charge in [0.25, 0.3) is 11.8 Å².